The Hall–Kier alpha value is -1.82. The van der Waals surface area contributed by atoms with Crippen molar-refractivity contribution in [1.29, 1.82) is 5.26 Å². The van der Waals surface area contributed by atoms with Gasteiger partial charge >= 0.3 is 0 Å². The number of Topliss-reactive ketones (excluding diaryl/α,β-unsaturated/α-hetero) is 1. The van der Waals surface area contributed by atoms with Crippen LogP contribution in [0.25, 0.3) is 0 Å². The van der Waals surface area contributed by atoms with Gasteiger partial charge in [-0.3, -0.25) is 4.79 Å². The summed E-state index contributed by atoms with van der Waals surface area (Å²) in [4.78, 5) is 12.3. The average molecular weight is 311 g/mol. The SMILES string of the molecule is COc1ccc2c(c1)CC[C@@H]1[C@@H]2CC[C@](C)(C(C)=O)[C@H]1CC#N. The van der Waals surface area contributed by atoms with Crippen molar-refractivity contribution in [1.82, 2.24) is 0 Å². The number of ether oxygens (including phenoxy) is 1. The lowest BCUT2D eigenvalue weighted by molar-refractivity contribution is -0.133. The Bertz CT molecular complexity index is 660. The minimum Gasteiger partial charge on any atom is -0.497 e. The van der Waals surface area contributed by atoms with Crippen LogP contribution >= 0.6 is 0 Å². The number of hydrogen-bond donors (Lipinski definition) is 0. The molecule has 1 saturated carbocycles. The summed E-state index contributed by atoms with van der Waals surface area (Å²) in [5.41, 5.74) is 2.46. The molecule has 2 aliphatic rings. The lowest BCUT2D eigenvalue weighted by Gasteiger charge is -2.50. The Morgan fingerprint density at radius 3 is 2.87 bits per heavy atom. The second-order valence-corrected chi connectivity index (χ2v) is 7.35. The predicted molar refractivity (Wildman–Crippen MR) is 89.3 cm³/mol. The lowest BCUT2D eigenvalue weighted by atomic mass is 9.53. The van der Waals surface area contributed by atoms with Crippen molar-refractivity contribution in [2.24, 2.45) is 17.3 Å². The molecule has 3 nitrogen and oxygen atoms in total. The zero-order valence-corrected chi connectivity index (χ0v) is 14.3. The highest BCUT2D eigenvalue weighted by atomic mass is 16.5. The number of carbonyl (C=O) groups excluding carboxylic acids is 1. The van der Waals surface area contributed by atoms with E-state index in [0.717, 1.165) is 31.4 Å². The van der Waals surface area contributed by atoms with E-state index in [-0.39, 0.29) is 17.1 Å². The fraction of sp³-hybridized carbons (Fsp3) is 0.600. The van der Waals surface area contributed by atoms with Crippen LogP contribution in [0.5, 0.6) is 5.75 Å². The maximum Gasteiger partial charge on any atom is 0.136 e. The van der Waals surface area contributed by atoms with E-state index in [9.17, 15) is 10.1 Å². The number of benzene rings is 1. The quantitative estimate of drug-likeness (QED) is 0.838. The van der Waals surface area contributed by atoms with Gasteiger partial charge < -0.3 is 4.74 Å². The summed E-state index contributed by atoms with van der Waals surface area (Å²) in [5.74, 6) is 2.27. The first-order valence-corrected chi connectivity index (χ1v) is 8.56. The van der Waals surface area contributed by atoms with Crippen LogP contribution in [0, 0.1) is 28.6 Å². The Kier molecular flexibility index (Phi) is 4.19. The molecule has 1 aromatic rings. The van der Waals surface area contributed by atoms with Crippen LogP contribution in [0.15, 0.2) is 18.2 Å². The number of fused-ring (bicyclic) bond motifs is 3. The monoisotopic (exact) mass is 311 g/mol. The first-order chi connectivity index (χ1) is 11.0. The van der Waals surface area contributed by atoms with Gasteiger partial charge in [0.25, 0.3) is 0 Å². The molecule has 1 aromatic carbocycles. The Morgan fingerprint density at radius 2 is 2.22 bits per heavy atom. The summed E-state index contributed by atoms with van der Waals surface area (Å²) in [7, 11) is 1.70. The molecule has 0 aromatic heterocycles. The normalized spacial score (nSPS) is 32.3. The number of carbonyl (C=O) groups is 1. The fourth-order valence-corrected chi connectivity index (χ4v) is 4.92. The van der Waals surface area contributed by atoms with Crippen molar-refractivity contribution in [3.05, 3.63) is 29.3 Å². The molecule has 0 N–H and O–H groups in total. The Morgan fingerprint density at radius 1 is 1.43 bits per heavy atom. The van der Waals surface area contributed by atoms with Crippen LogP contribution in [0.2, 0.25) is 0 Å². The molecule has 0 saturated heterocycles. The summed E-state index contributed by atoms with van der Waals surface area (Å²) >= 11 is 0. The van der Waals surface area contributed by atoms with Gasteiger partial charge in [0.05, 0.1) is 13.2 Å². The molecule has 2 aliphatic carbocycles. The molecular formula is C20H25NO2. The molecule has 3 heteroatoms. The van der Waals surface area contributed by atoms with E-state index < -0.39 is 0 Å². The number of aryl methyl sites for hydroxylation is 1. The van der Waals surface area contributed by atoms with Crippen molar-refractivity contribution < 1.29 is 9.53 Å². The molecule has 122 valence electrons. The van der Waals surface area contributed by atoms with Gasteiger partial charge in [0, 0.05) is 11.8 Å². The number of methoxy groups -OCH3 is 1. The molecule has 3 rings (SSSR count). The van der Waals surface area contributed by atoms with Crippen LogP contribution in [0.4, 0.5) is 0 Å². The van der Waals surface area contributed by atoms with Crippen LogP contribution in [0.3, 0.4) is 0 Å². The zero-order valence-electron chi connectivity index (χ0n) is 14.3. The highest BCUT2D eigenvalue weighted by molar-refractivity contribution is 5.82. The summed E-state index contributed by atoms with van der Waals surface area (Å²) in [6.07, 6.45) is 4.51. The third-order valence-corrected chi connectivity index (χ3v) is 6.44. The van der Waals surface area contributed by atoms with Crippen LogP contribution in [-0.4, -0.2) is 12.9 Å². The van der Waals surface area contributed by atoms with Crippen LogP contribution in [0.1, 0.15) is 56.6 Å². The topological polar surface area (TPSA) is 50.1 Å². The van der Waals surface area contributed by atoms with Gasteiger partial charge in [-0.2, -0.15) is 5.26 Å². The molecule has 0 spiro atoms. The van der Waals surface area contributed by atoms with E-state index in [0.29, 0.717) is 18.3 Å². The maximum absolute atomic E-state index is 12.3. The molecule has 0 unspecified atom stereocenters. The standard InChI is InChI=1S/C20H25NO2/c1-13(22)20(2)10-8-17-16-7-5-15(23-3)12-14(16)4-6-18(17)19(20)9-11-21/h5,7,12,17-19H,4,6,8-10H2,1-3H3/t17-,18-,19+,20-/m1/s1. The summed E-state index contributed by atoms with van der Waals surface area (Å²) in [6, 6.07) is 8.75. The minimum atomic E-state index is -0.332. The number of ketones is 1. The number of hydrogen-bond acceptors (Lipinski definition) is 3. The smallest absolute Gasteiger partial charge is 0.136 e. The molecular weight excluding hydrogens is 286 g/mol. The Balaban J connectivity index is 1.97. The van der Waals surface area contributed by atoms with E-state index in [1.165, 1.54) is 11.1 Å². The highest BCUT2D eigenvalue weighted by Gasteiger charge is 2.50. The summed E-state index contributed by atoms with van der Waals surface area (Å²) in [5, 5.41) is 9.31. The second kappa shape index (κ2) is 6.00. The first kappa shape index (κ1) is 16.1. The van der Waals surface area contributed by atoms with Crippen molar-refractivity contribution in [2.45, 2.75) is 51.9 Å². The van der Waals surface area contributed by atoms with E-state index in [1.807, 2.05) is 6.07 Å². The zero-order chi connectivity index (χ0) is 16.6. The van der Waals surface area contributed by atoms with Crippen molar-refractivity contribution in [2.75, 3.05) is 7.11 Å². The molecule has 23 heavy (non-hydrogen) atoms. The van der Waals surface area contributed by atoms with Gasteiger partial charge in [-0.15, -0.1) is 0 Å². The Labute approximate surface area is 138 Å². The van der Waals surface area contributed by atoms with Gasteiger partial charge in [-0.1, -0.05) is 13.0 Å². The number of nitrogens with zero attached hydrogens (tertiary/aromatic N) is 1. The summed E-state index contributed by atoms with van der Waals surface area (Å²) in [6.45, 7) is 3.78. The maximum atomic E-state index is 12.3. The number of rotatable bonds is 3. The van der Waals surface area contributed by atoms with Gasteiger partial charge in [0.2, 0.25) is 0 Å². The molecule has 0 aliphatic heterocycles. The molecule has 0 radical (unpaired) electrons. The van der Waals surface area contributed by atoms with Crippen molar-refractivity contribution in [3.63, 3.8) is 0 Å². The highest BCUT2D eigenvalue weighted by Crippen LogP contribution is 2.56. The predicted octanol–water partition coefficient (Wildman–Crippen LogP) is 4.26. The largest absolute Gasteiger partial charge is 0.497 e. The van der Waals surface area contributed by atoms with Gasteiger partial charge in [0.1, 0.15) is 11.5 Å². The second-order valence-electron chi connectivity index (χ2n) is 7.35. The molecule has 0 bridgehead atoms. The molecule has 0 amide bonds. The van der Waals surface area contributed by atoms with E-state index in [2.05, 4.69) is 25.1 Å². The van der Waals surface area contributed by atoms with E-state index in [4.69, 9.17) is 4.74 Å². The molecule has 0 heterocycles. The van der Waals surface area contributed by atoms with Gasteiger partial charge in [-0.25, -0.2) is 0 Å². The van der Waals surface area contributed by atoms with Gasteiger partial charge in [-0.05, 0) is 73.6 Å². The van der Waals surface area contributed by atoms with E-state index in [1.54, 1.807) is 14.0 Å². The van der Waals surface area contributed by atoms with Crippen LogP contribution in [-0.2, 0) is 11.2 Å². The fourth-order valence-electron chi connectivity index (χ4n) is 4.92. The van der Waals surface area contributed by atoms with E-state index >= 15 is 0 Å². The summed E-state index contributed by atoms with van der Waals surface area (Å²) < 4.78 is 5.35. The third kappa shape index (κ3) is 2.55. The molecule has 1 fully saturated rings. The minimum absolute atomic E-state index is 0.180. The average Bonchev–Trinajstić information content (AvgIpc) is 2.56. The van der Waals surface area contributed by atoms with Gasteiger partial charge in [0.15, 0.2) is 0 Å². The van der Waals surface area contributed by atoms with Crippen LogP contribution < -0.4 is 4.74 Å². The van der Waals surface area contributed by atoms with Crippen molar-refractivity contribution in [3.8, 4) is 11.8 Å². The van der Waals surface area contributed by atoms with Crippen molar-refractivity contribution >= 4 is 5.78 Å². The first-order valence-electron chi connectivity index (χ1n) is 8.56. The third-order valence-electron chi connectivity index (χ3n) is 6.44. The molecule has 4 atom stereocenters. The lowest BCUT2D eigenvalue weighted by Crippen LogP contribution is -2.46. The number of nitriles is 1.